The summed E-state index contributed by atoms with van der Waals surface area (Å²) in [6.07, 6.45) is 0.0868. The molecule has 1 aliphatic heterocycles. The van der Waals surface area contributed by atoms with E-state index < -0.39 is 29.5 Å². The zero-order valence-electron chi connectivity index (χ0n) is 12.9. The molecular weight excluding hydrogens is 284 g/mol. The summed E-state index contributed by atoms with van der Waals surface area (Å²) in [4.78, 5) is 37.2. The molecule has 0 aliphatic carbocycles. The number of nitrogens with zero attached hydrogens (tertiary/aromatic N) is 1. The number of carbonyl (C=O) groups excluding carboxylic acids is 2. The molecule has 6 heteroatoms. The van der Waals surface area contributed by atoms with Gasteiger partial charge < -0.3 is 10.4 Å². The SMILES string of the molecule is CC(C)C1(C)NC(=O)N(C(Cc2ccccc2)C(=O)O)C1=O. The fraction of sp³-hybridized carbons (Fsp3) is 0.438. The molecule has 2 N–H and O–H groups in total. The van der Waals surface area contributed by atoms with Gasteiger partial charge >= 0.3 is 12.0 Å². The maximum Gasteiger partial charge on any atom is 0.327 e. The van der Waals surface area contributed by atoms with E-state index in [-0.39, 0.29) is 12.3 Å². The van der Waals surface area contributed by atoms with Crippen LogP contribution < -0.4 is 5.32 Å². The highest BCUT2D eigenvalue weighted by Crippen LogP contribution is 2.27. The fourth-order valence-electron chi connectivity index (χ4n) is 2.48. The number of rotatable bonds is 5. The van der Waals surface area contributed by atoms with Crippen LogP contribution in [0.3, 0.4) is 0 Å². The van der Waals surface area contributed by atoms with Crippen LogP contribution in [0, 0.1) is 5.92 Å². The number of nitrogens with one attached hydrogen (secondary N) is 1. The summed E-state index contributed by atoms with van der Waals surface area (Å²) in [5.41, 5.74) is -0.310. The molecule has 1 heterocycles. The van der Waals surface area contributed by atoms with Gasteiger partial charge in [-0.05, 0) is 18.4 Å². The van der Waals surface area contributed by atoms with Crippen molar-refractivity contribution in [1.82, 2.24) is 10.2 Å². The Hall–Kier alpha value is -2.37. The Morgan fingerprint density at radius 1 is 1.27 bits per heavy atom. The lowest BCUT2D eigenvalue weighted by atomic mass is 9.88. The van der Waals surface area contributed by atoms with Crippen molar-refractivity contribution in [3.8, 4) is 0 Å². The third-order valence-corrected chi connectivity index (χ3v) is 4.27. The Bertz CT molecular complexity index is 599. The molecule has 0 spiro atoms. The monoisotopic (exact) mass is 304 g/mol. The van der Waals surface area contributed by atoms with Crippen molar-refractivity contribution >= 4 is 17.9 Å². The summed E-state index contributed by atoms with van der Waals surface area (Å²) in [5, 5.41) is 12.1. The van der Waals surface area contributed by atoms with Crippen molar-refractivity contribution in [2.45, 2.75) is 38.8 Å². The minimum Gasteiger partial charge on any atom is -0.480 e. The highest BCUT2D eigenvalue weighted by molar-refractivity contribution is 6.09. The predicted octanol–water partition coefficient (Wildman–Crippen LogP) is 1.65. The lowest BCUT2D eigenvalue weighted by Gasteiger charge is -2.27. The second-order valence-electron chi connectivity index (χ2n) is 6.01. The van der Waals surface area contributed by atoms with E-state index >= 15 is 0 Å². The molecule has 6 nitrogen and oxygen atoms in total. The summed E-state index contributed by atoms with van der Waals surface area (Å²) < 4.78 is 0. The number of carboxylic acid groups (broad SMARTS) is 1. The van der Waals surface area contributed by atoms with E-state index in [2.05, 4.69) is 5.32 Å². The van der Waals surface area contributed by atoms with E-state index in [0.29, 0.717) is 0 Å². The number of aliphatic carboxylic acids is 1. The Morgan fingerprint density at radius 2 is 1.86 bits per heavy atom. The molecule has 2 atom stereocenters. The van der Waals surface area contributed by atoms with Gasteiger partial charge in [0.2, 0.25) is 0 Å². The molecule has 0 bridgehead atoms. The quantitative estimate of drug-likeness (QED) is 0.810. The molecule has 0 aromatic heterocycles. The predicted molar refractivity (Wildman–Crippen MR) is 80.2 cm³/mol. The van der Waals surface area contributed by atoms with Gasteiger partial charge in [-0.25, -0.2) is 14.5 Å². The van der Waals surface area contributed by atoms with E-state index in [1.54, 1.807) is 31.2 Å². The molecule has 3 amide bonds. The van der Waals surface area contributed by atoms with Crippen LogP contribution in [0.5, 0.6) is 0 Å². The minimum atomic E-state index is -1.21. The number of hydrogen-bond donors (Lipinski definition) is 2. The first kappa shape index (κ1) is 16.0. The largest absolute Gasteiger partial charge is 0.480 e. The third kappa shape index (κ3) is 2.68. The van der Waals surface area contributed by atoms with Crippen LogP contribution in [0.25, 0.3) is 0 Å². The molecule has 22 heavy (non-hydrogen) atoms. The molecular formula is C16H20N2O4. The second kappa shape index (κ2) is 5.79. The smallest absolute Gasteiger partial charge is 0.327 e. The summed E-state index contributed by atoms with van der Waals surface area (Å²) in [6, 6.07) is 7.09. The maximum absolute atomic E-state index is 12.6. The van der Waals surface area contributed by atoms with Gasteiger partial charge in [0.1, 0.15) is 11.6 Å². The number of amides is 3. The average molecular weight is 304 g/mol. The van der Waals surface area contributed by atoms with Crippen LogP contribution in [0.15, 0.2) is 30.3 Å². The standard InChI is InChI=1S/C16H20N2O4/c1-10(2)16(3)14(21)18(15(22)17-16)12(13(19)20)9-11-7-5-4-6-8-11/h4-8,10,12H,9H2,1-3H3,(H,17,22)(H,19,20). The number of hydrogen-bond acceptors (Lipinski definition) is 3. The van der Waals surface area contributed by atoms with Gasteiger partial charge in [0.05, 0.1) is 0 Å². The van der Waals surface area contributed by atoms with E-state index in [4.69, 9.17) is 0 Å². The molecule has 118 valence electrons. The van der Waals surface area contributed by atoms with Crippen molar-refractivity contribution < 1.29 is 19.5 Å². The highest BCUT2D eigenvalue weighted by atomic mass is 16.4. The van der Waals surface area contributed by atoms with E-state index in [0.717, 1.165) is 10.5 Å². The summed E-state index contributed by atoms with van der Waals surface area (Å²) in [6.45, 7) is 5.25. The van der Waals surface area contributed by atoms with Crippen LogP contribution in [0.4, 0.5) is 4.79 Å². The first-order valence-corrected chi connectivity index (χ1v) is 7.20. The second-order valence-corrected chi connectivity index (χ2v) is 6.01. The van der Waals surface area contributed by atoms with Gasteiger partial charge in [-0.3, -0.25) is 4.79 Å². The van der Waals surface area contributed by atoms with E-state index in [1.165, 1.54) is 0 Å². The number of imide groups is 1. The lowest BCUT2D eigenvalue weighted by Crippen LogP contribution is -2.51. The van der Waals surface area contributed by atoms with Crippen molar-refractivity contribution in [1.29, 1.82) is 0 Å². The first-order valence-electron chi connectivity index (χ1n) is 7.20. The average Bonchev–Trinajstić information content (AvgIpc) is 2.69. The van der Waals surface area contributed by atoms with Crippen LogP contribution >= 0.6 is 0 Å². The summed E-state index contributed by atoms with van der Waals surface area (Å²) in [7, 11) is 0. The van der Waals surface area contributed by atoms with Gasteiger partial charge in [0.25, 0.3) is 5.91 Å². The third-order valence-electron chi connectivity index (χ3n) is 4.27. The van der Waals surface area contributed by atoms with Crippen molar-refractivity contribution in [3.05, 3.63) is 35.9 Å². The molecule has 1 aromatic carbocycles. The van der Waals surface area contributed by atoms with Crippen LogP contribution in [0.1, 0.15) is 26.3 Å². The minimum absolute atomic E-state index is 0.0868. The molecule has 1 saturated heterocycles. The molecule has 2 unspecified atom stereocenters. The summed E-state index contributed by atoms with van der Waals surface area (Å²) in [5.74, 6) is -1.82. The van der Waals surface area contributed by atoms with Gasteiger partial charge in [-0.1, -0.05) is 44.2 Å². The maximum atomic E-state index is 12.6. The van der Waals surface area contributed by atoms with Gasteiger partial charge in [-0.2, -0.15) is 0 Å². The molecule has 1 aliphatic rings. The van der Waals surface area contributed by atoms with Crippen LogP contribution in [0.2, 0.25) is 0 Å². The Labute approximate surface area is 129 Å². The van der Waals surface area contributed by atoms with Crippen molar-refractivity contribution in [2.75, 3.05) is 0 Å². The molecule has 1 fully saturated rings. The molecule has 0 saturated carbocycles. The Balaban J connectivity index is 2.31. The number of benzene rings is 1. The van der Waals surface area contributed by atoms with Crippen molar-refractivity contribution in [3.63, 3.8) is 0 Å². The Kier molecular flexibility index (Phi) is 4.21. The molecule has 2 rings (SSSR count). The normalized spacial score (nSPS) is 22.8. The van der Waals surface area contributed by atoms with Gasteiger partial charge in [0.15, 0.2) is 0 Å². The van der Waals surface area contributed by atoms with Crippen molar-refractivity contribution in [2.24, 2.45) is 5.92 Å². The number of urea groups is 1. The zero-order chi connectivity index (χ0) is 16.5. The van der Waals surface area contributed by atoms with Crippen LogP contribution in [-0.4, -0.2) is 39.5 Å². The highest BCUT2D eigenvalue weighted by Gasteiger charge is 2.53. The van der Waals surface area contributed by atoms with E-state index in [1.807, 2.05) is 19.9 Å². The summed E-state index contributed by atoms with van der Waals surface area (Å²) >= 11 is 0. The van der Waals surface area contributed by atoms with Gasteiger partial charge in [0, 0.05) is 6.42 Å². The number of carboxylic acids is 1. The first-order chi connectivity index (χ1) is 10.3. The molecule has 1 aromatic rings. The van der Waals surface area contributed by atoms with Crippen LogP contribution in [-0.2, 0) is 16.0 Å². The fourth-order valence-corrected chi connectivity index (χ4v) is 2.48. The van der Waals surface area contributed by atoms with E-state index in [9.17, 15) is 19.5 Å². The number of carbonyl (C=O) groups is 3. The lowest BCUT2D eigenvalue weighted by molar-refractivity contribution is -0.148. The zero-order valence-corrected chi connectivity index (χ0v) is 12.9. The van der Waals surface area contributed by atoms with Gasteiger partial charge in [-0.15, -0.1) is 0 Å². The topological polar surface area (TPSA) is 86.7 Å². The Morgan fingerprint density at radius 3 is 2.32 bits per heavy atom. The molecule has 0 radical (unpaired) electrons.